The number of hydrogen-bond donors (Lipinski definition) is 1. The van der Waals surface area contributed by atoms with Gasteiger partial charge in [-0.15, -0.1) is 0 Å². The number of hydrogen-bond acceptors (Lipinski definition) is 4. The SMILES string of the molecule is Cc1ccc(O)c(C(=O)OCC(=O)N2c3ccccc3CC2C)c1. The van der Waals surface area contributed by atoms with Gasteiger partial charge in [0.1, 0.15) is 11.3 Å². The highest BCUT2D eigenvalue weighted by Crippen LogP contribution is 2.31. The quantitative estimate of drug-likeness (QED) is 0.881. The van der Waals surface area contributed by atoms with Gasteiger partial charge < -0.3 is 14.7 Å². The Balaban J connectivity index is 1.70. The Hall–Kier alpha value is -2.82. The van der Waals surface area contributed by atoms with E-state index in [0.29, 0.717) is 0 Å². The number of carbonyl (C=O) groups excluding carboxylic acids is 2. The number of amides is 1. The second kappa shape index (κ2) is 6.35. The van der Waals surface area contributed by atoms with Crippen molar-refractivity contribution < 1.29 is 19.4 Å². The summed E-state index contributed by atoms with van der Waals surface area (Å²) in [6.07, 6.45) is 0.786. The minimum absolute atomic E-state index is 0.0287. The molecule has 0 radical (unpaired) electrons. The van der Waals surface area contributed by atoms with E-state index in [4.69, 9.17) is 4.74 Å². The zero-order chi connectivity index (χ0) is 17.3. The lowest BCUT2D eigenvalue weighted by Crippen LogP contribution is -2.38. The van der Waals surface area contributed by atoms with Crippen LogP contribution in [0.1, 0.15) is 28.4 Å². The predicted octanol–water partition coefficient (Wildman–Crippen LogP) is 2.84. The Morgan fingerprint density at radius 2 is 2.00 bits per heavy atom. The van der Waals surface area contributed by atoms with E-state index < -0.39 is 5.97 Å². The third-order valence-electron chi connectivity index (χ3n) is 4.17. The molecule has 0 saturated carbocycles. The number of aromatic hydroxyl groups is 1. The van der Waals surface area contributed by atoms with Gasteiger partial charge >= 0.3 is 5.97 Å². The summed E-state index contributed by atoms with van der Waals surface area (Å²) in [7, 11) is 0. The van der Waals surface area contributed by atoms with Gasteiger partial charge in [0.2, 0.25) is 0 Å². The molecule has 0 fully saturated rings. The summed E-state index contributed by atoms with van der Waals surface area (Å²) < 4.78 is 5.11. The summed E-state index contributed by atoms with van der Waals surface area (Å²) in [6.45, 7) is 3.42. The number of rotatable bonds is 3. The van der Waals surface area contributed by atoms with Crippen molar-refractivity contribution in [1.29, 1.82) is 0 Å². The molecule has 1 aliphatic heterocycles. The minimum Gasteiger partial charge on any atom is -0.507 e. The fourth-order valence-corrected chi connectivity index (χ4v) is 3.03. The summed E-state index contributed by atoms with van der Waals surface area (Å²) in [4.78, 5) is 26.3. The van der Waals surface area contributed by atoms with Crippen LogP contribution in [0, 0.1) is 6.92 Å². The first kappa shape index (κ1) is 16.1. The van der Waals surface area contributed by atoms with Crippen LogP contribution < -0.4 is 4.90 Å². The van der Waals surface area contributed by atoms with E-state index in [2.05, 4.69) is 0 Å². The lowest BCUT2D eigenvalue weighted by molar-refractivity contribution is -0.122. The highest BCUT2D eigenvalue weighted by Gasteiger charge is 2.31. The Kier molecular flexibility index (Phi) is 4.25. The predicted molar refractivity (Wildman–Crippen MR) is 90.2 cm³/mol. The molecule has 5 heteroatoms. The van der Waals surface area contributed by atoms with Gasteiger partial charge in [-0.2, -0.15) is 0 Å². The van der Waals surface area contributed by atoms with Crippen molar-refractivity contribution in [2.75, 3.05) is 11.5 Å². The van der Waals surface area contributed by atoms with E-state index in [1.165, 1.54) is 12.1 Å². The van der Waals surface area contributed by atoms with Crippen molar-refractivity contribution in [2.24, 2.45) is 0 Å². The number of esters is 1. The third kappa shape index (κ3) is 2.97. The third-order valence-corrected chi connectivity index (χ3v) is 4.17. The van der Waals surface area contributed by atoms with Crippen molar-refractivity contribution >= 4 is 17.6 Å². The number of phenolic OH excluding ortho intramolecular Hbond substituents is 1. The van der Waals surface area contributed by atoms with Crippen molar-refractivity contribution in [3.8, 4) is 5.75 Å². The second-order valence-corrected chi connectivity index (χ2v) is 6.04. The largest absolute Gasteiger partial charge is 0.507 e. The second-order valence-electron chi connectivity index (χ2n) is 6.04. The Morgan fingerprint density at radius 3 is 2.79 bits per heavy atom. The van der Waals surface area contributed by atoms with Crippen molar-refractivity contribution in [2.45, 2.75) is 26.3 Å². The number of nitrogens with zero attached hydrogens (tertiary/aromatic N) is 1. The molecular formula is C19H19NO4. The number of benzene rings is 2. The summed E-state index contributed by atoms with van der Waals surface area (Å²) in [5.41, 5.74) is 2.87. The topological polar surface area (TPSA) is 66.8 Å². The fourth-order valence-electron chi connectivity index (χ4n) is 3.03. The van der Waals surface area contributed by atoms with E-state index in [1.807, 2.05) is 38.1 Å². The van der Waals surface area contributed by atoms with Gasteiger partial charge in [-0.1, -0.05) is 29.8 Å². The van der Waals surface area contributed by atoms with Crippen molar-refractivity contribution in [3.05, 3.63) is 59.2 Å². The molecule has 2 aromatic rings. The molecule has 24 heavy (non-hydrogen) atoms. The van der Waals surface area contributed by atoms with Crippen LogP contribution in [0.25, 0.3) is 0 Å². The molecule has 1 aliphatic rings. The molecule has 1 amide bonds. The lowest BCUT2D eigenvalue weighted by Gasteiger charge is -2.22. The van der Waals surface area contributed by atoms with Crippen LogP contribution in [0.3, 0.4) is 0 Å². The average molecular weight is 325 g/mol. The van der Waals surface area contributed by atoms with Gasteiger partial charge in [-0.05, 0) is 44.0 Å². The highest BCUT2D eigenvalue weighted by molar-refractivity contribution is 5.99. The maximum Gasteiger partial charge on any atom is 0.342 e. The average Bonchev–Trinajstić information content (AvgIpc) is 2.90. The molecule has 124 valence electrons. The maximum atomic E-state index is 12.5. The molecule has 0 spiro atoms. The molecule has 1 atom stereocenters. The highest BCUT2D eigenvalue weighted by atomic mass is 16.5. The number of fused-ring (bicyclic) bond motifs is 1. The van der Waals surface area contributed by atoms with Crippen LogP contribution in [0.2, 0.25) is 0 Å². The van der Waals surface area contributed by atoms with Crippen LogP contribution in [0.4, 0.5) is 5.69 Å². The molecule has 0 aromatic heterocycles. The van der Waals surface area contributed by atoms with Crippen LogP contribution in [-0.2, 0) is 16.0 Å². The number of aryl methyl sites for hydroxylation is 1. The smallest absolute Gasteiger partial charge is 0.342 e. The summed E-state index contributed by atoms with van der Waals surface area (Å²) in [5.74, 6) is -1.13. The summed E-state index contributed by atoms with van der Waals surface area (Å²) >= 11 is 0. The Bertz CT molecular complexity index is 800. The molecule has 5 nitrogen and oxygen atoms in total. The van der Waals surface area contributed by atoms with Gasteiger partial charge in [0.25, 0.3) is 5.91 Å². The number of carbonyl (C=O) groups is 2. The van der Waals surface area contributed by atoms with Crippen LogP contribution in [0.5, 0.6) is 5.75 Å². The Labute approximate surface area is 140 Å². The summed E-state index contributed by atoms with van der Waals surface area (Å²) in [6, 6.07) is 12.4. The van der Waals surface area contributed by atoms with E-state index in [1.54, 1.807) is 11.0 Å². The molecule has 1 heterocycles. The fraction of sp³-hybridized carbons (Fsp3) is 0.263. The molecule has 3 rings (SSSR count). The zero-order valence-corrected chi connectivity index (χ0v) is 13.7. The van der Waals surface area contributed by atoms with E-state index >= 15 is 0 Å². The van der Waals surface area contributed by atoms with Crippen LogP contribution in [-0.4, -0.2) is 29.6 Å². The molecule has 0 saturated heterocycles. The first-order chi connectivity index (χ1) is 11.5. The molecule has 1 unspecified atom stereocenters. The van der Waals surface area contributed by atoms with Gasteiger partial charge in [-0.25, -0.2) is 4.79 Å². The standard InChI is InChI=1S/C19H19NO4/c1-12-7-8-17(21)15(9-12)19(23)24-11-18(22)20-13(2)10-14-5-3-4-6-16(14)20/h3-9,13,21H,10-11H2,1-2H3. The summed E-state index contributed by atoms with van der Waals surface area (Å²) in [5, 5.41) is 9.76. The molecule has 0 aliphatic carbocycles. The van der Waals surface area contributed by atoms with Gasteiger partial charge in [-0.3, -0.25) is 4.79 Å². The Morgan fingerprint density at radius 1 is 1.25 bits per heavy atom. The monoisotopic (exact) mass is 325 g/mol. The van der Waals surface area contributed by atoms with Gasteiger partial charge in [0.15, 0.2) is 6.61 Å². The number of para-hydroxylation sites is 1. The molecule has 1 N–H and O–H groups in total. The lowest BCUT2D eigenvalue weighted by atomic mass is 10.1. The zero-order valence-electron chi connectivity index (χ0n) is 13.7. The minimum atomic E-state index is -0.704. The van der Waals surface area contributed by atoms with E-state index in [-0.39, 0.29) is 29.9 Å². The van der Waals surface area contributed by atoms with Crippen molar-refractivity contribution in [1.82, 2.24) is 0 Å². The first-order valence-corrected chi connectivity index (χ1v) is 7.84. The van der Waals surface area contributed by atoms with E-state index in [9.17, 15) is 14.7 Å². The molecule has 2 aromatic carbocycles. The van der Waals surface area contributed by atoms with E-state index in [0.717, 1.165) is 23.2 Å². The van der Waals surface area contributed by atoms with Crippen molar-refractivity contribution in [3.63, 3.8) is 0 Å². The number of phenols is 1. The number of anilines is 1. The van der Waals surface area contributed by atoms with Gasteiger partial charge in [0, 0.05) is 11.7 Å². The normalized spacial score (nSPS) is 15.9. The van der Waals surface area contributed by atoms with Crippen LogP contribution >= 0.6 is 0 Å². The molecular weight excluding hydrogens is 306 g/mol. The van der Waals surface area contributed by atoms with Crippen LogP contribution in [0.15, 0.2) is 42.5 Å². The maximum absolute atomic E-state index is 12.5. The molecule has 0 bridgehead atoms. The number of ether oxygens (including phenoxy) is 1. The first-order valence-electron chi connectivity index (χ1n) is 7.84. The van der Waals surface area contributed by atoms with Gasteiger partial charge in [0.05, 0.1) is 0 Å².